The van der Waals surface area contributed by atoms with Gasteiger partial charge in [-0.05, 0) is 11.6 Å². The first-order chi connectivity index (χ1) is 9.63. The van der Waals surface area contributed by atoms with Crippen molar-refractivity contribution in [1.82, 2.24) is 15.1 Å². The van der Waals surface area contributed by atoms with Crippen LogP contribution in [-0.2, 0) is 6.42 Å². The Labute approximate surface area is 122 Å². The molecule has 0 amide bonds. The summed E-state index contributed by atoms with van der Waals surface area (Å²) in [5.41, 5.74) is 6.45. The highest BCUT2D eigenvalue weighted by molar-refractivity contribution is 7.13. The lowest BCUT2D eigenvalue weighted by atomic mass is 10.1. The predicted octanol–water partition coefficient (Wildman–Crippen LogP) is 3.16. The summed E-state index contributed by atoms with van der Waals surface area (Å²) in [6, 6.07) is 4.78. The Morgan fingerprint density at radius 3 is 2.95 bits per heavy atom. The molecule has 0 spiro atoms. The summed E-state index contributed by atoms with van der Waals surface area (Å²) in [5.74, 6) is 0.140. The number of nitrogens with two attached hydrogens (primary N) is 1. The van der Waals surface area contributed by atoms with Crippen molar-refractivity contribution in [3.63, 3.8) is 0 Å². The molecule has 3 rings (SSSR count). The third-order valence-electron chi connectivity index (χ3n) is 2.59. The van der Waals surface area contributed by atoms with Gasteiger partial charge in [0.1, 0.15) is 11.5 Å². The molecule has 0 aliphatic carbocycles. The first kappa shape index (κ1) is 13.0. The van der Waals surface area contributed by atoms with Gasteiger partial charge in [-0.15, -0.1) is 11.3 Å². The molecular formula is C12H8ClFN4OS. The molecule has 2 aromatic heterocycles. The minimum atomic E-state index is -0.474. The third-order valence-corrected chi connectivity index (χ3v) is 3.56. The zero-order valence-corrected chi connectivity index (χ0v) is 11.6. The quantitative estimate of drug-likeness (QED) is 0.804. The van der Waals surface area contributed by atoms with E-state index < -0.39 is 5.82 Å². The van der Waals surface area contributed by atoms with Crippen molar-refractivity contribution in [2.45, 2.75) is 6.42 Å². The zero-order valence-electron chi connectivity index (χ0n) is 10.0. The fourth-order valence-electron chi connectivity index (χ4n) is 1.67. The van der Waals surface area contributed by atoms with Crippen LogP contribution < -0.4 is 5.73 Å². The van der Waals surface area contributed by atoms with E-state index in [9.17, 15) is 4.39 Å². The van der Waals surface area contributed by atoms with Crippen LogP contribution >= 0.6 is 22.9 Å². The van der Waals surface area contributed by atoms with Crippen LogP contribution in [0.15, 0.2) is 28.1 Å². The molecule has 20 heavy (non-hydrogen) atoms. The van der Waals surface area contributed by atoms with E-state index >= 15 is 0 Å². The Morgan fingerprint density at radius 1 is 1.35 bits per heavy atom. The number of nitrogen functional groups attached to an aromatic ring is 1. The SMILES string of the molecule is Nc1nc(-c2nc(Cc3cccc(Cl)c3F)no2)cs1. The van der Waals surface area contributed by atoms with Crippen molar-refractivity contribution >= 4 is 28.1 Å². The largest absolute Gasteiger partial charge is 0.375 e. The Kier molecular flexibility index (Phi) is 3.37. The Hall–Kier alpha value is -1.99. The number of halogens is 2. The van der Waals surface area contributed by atoms with Crippen molar-refractivity contribution in [1.29, 1.82) is 0 Å². The van der Waals surface area contributed by atoms with Crippen LogP contribution in [0.1, 0.15) is 11.4 Å². The molecule has 0 saturated heterocycles. The van der Waals surface area contributed by atoms with Gasteiger partial charge in [0.25, 0.3) is 5.89 Å². The number of hydrogen-bond donors (Lipinski definition) is 1. The lowest BCUT2D eigenvalue weighted by molar-refractivity contribution is 0.422. The van der Waals surface area contributed by atoms with Gasteiger partial charge in [0.05, 0.1) is 5.02 Å². The second-order valence-corrected chi connectivity index (χ2v) is 5.27. The first-order valence-corrected chi connectivity index (χ1v) is 6.86. The predicted molar refractivity (Wildman–Crippen MR) is 74.0 cm³/mol. The van der Waals surface area contributed by atoms with Crippen LogP contribution in [0.25, 0.3) is 11.6 Å². The summed E-state index contributed by atoms with van der Waals surface area (Å²) in [6.07, 6.45) is 0.190. The molecule has 0 saturated carbocycles. The second kappa shape index (κ2) is 5.18. The van der Waals surface area contributed by atoms with E-state index in [4.69, 9.17) is 21.9 Å². The van der Waals surface area contributed by atoms with E-state index in [-0.39, 0.29) is 17.3 Å². The van der Waals surface area contributed by atoms with Crippen LogP contribution in [0.4, 0.5) is 9.52 Å². The van der Waals surface area contributed by atoms with Crippen LogP contribution in [0.3, 0.4) is 0 Å². The molecule has 2 heterocycles. The first-order valence-electron chi connectivity index (χ1n) is 5.60. The van der Waals surface area contributed by atoms with E-state index in [2.05, 4.69) is 15.1 Å². The lowest BCUT2D eigenvalue weighted by Gasteiger charge is -2.00. The van der Waals surface area contributed by atoms with E-state index in [0.29, 0.717) is 22.2 Å². The molecule has 5 nitrogen and oxygen atoms in total. The average Bonchev–Trinajstić information content (AvgIpc) is 3.04. The van der Waals surface area contributed by atoms with Gasteiger partial charge in [0, 0.05) is 11.8 Å². The molecule has 2 N–H and O–H groups in total. The van der Waals surface area contributed by atoms with Crippen molar-refractivity contribution in [3.8, 4) is 11.6 Å². The van der Waals surface area contributed by atoms with Crippen LogP contribution in [0.5, 0.6) is 0 Å². The fraction of sp³-hybridized carbons (Fsp3) is 0.0833. The highest BCUT2D eigenvalue weighted by atomic mass is 35.5. The maximum Gasteiger partial charge on any atom is 0.277 e. The zero-order chi connectivity index (χ0) is 14.1. The minimum absolute atomic E-state index is 0.0680. The van der Waals surface area contributed by atoms with Crippen molar-refractivity contribution in [2.24, 2.45) is 0 Å². The number of aromatic nitrogens is 3. The highest BCUT2D eigenvalue weighted by Gasteiger charge is 2.14. The van der Waals surface area contributed by atoms with Gasteiger partial charge in [0.2, 0.25) is 0 Å². The summed E-state index contributed by atoms with van der Waals surface area (Å²) in [5, 5.41) is 6.00. The Morgan fingerprint density at radius 2 is 2.20 bits per heavy atom. The van der Waals surface area contributed by atoms with Gasteiger partial charge in [-0.1, -0.05) is 28.9 Å². The fourth-order valence-corrected chi connectivity index (χ4v) is 2.40. The molecule has 1 aromatic carbocycles. The molecule has 0 unspecified atom stereocenters. The standard InChI is InChI=1S/C12H8ClFN4OS/c13-7-3-1-2-6(10(7)14)4-9-17-11(19-18-9)8-5-20-12(15)16-8/h1-3,5H,4H2,(H2,15,16). The number of nitrogens with zero attached hydrogens (tertiary/aromatic N) is 3. The molecule has 0 bridgehead atoms. The molecule has 0 fully saturated rings. The lowest BCUT2D eigenvalue weighted by Crippen LogP contribution is -1.95. The number of thiazole rings is 1. The van der Waals surface area contributed by atoms with Crippen LogP contribution in [0.2, 0.25) is 5.02 Å². The molecule has 0 radical (unpaired) electrons. The Bertz CT molecular complexity index is 758. The summed E-state index contributed by atoms with van der Waals surface area (Å²) in [6.45, 7) is 0. The van der Waals surface area contributed by atoms with Crippen LogP contribution in [-0.4, -0.2) is 15.1 Å². The summed E-state index contributed by atoms with van der Waals surface area (Å²) in [4.78, 5) is 8.20. The number of hydrogen-bond acceptors (Lipinski definition) is 6. The molecular weight excluding hydrogens is 303 g/mol. The number of benzene rings is 1. The van der Waals surface area contributed by atoms with Gasteiger partial charge in [-0.3, -0.25) is 0 Å². The third kappa shape index (κ3) is 2.50. The number of rotatable bonds is 3. The van der Waals surface area contributed by atoms with Gasteiger partial charge in [-0.2, -0.15) is 4.98 Å². The van der Waals surface area contributed by atoms with Gasteiger partial charge >= 0.3 is 0 Å². The molecule has 8 heteroatoms. The Balaban J connectivity index is 1.86. The molecule has 3 aromatic rings. The van der Waals surface area contributed by atoms with Gasteiger partial charge in [-0.25, -0.2) is 9.37 Å². The van der Waals surface area contributed by atoms with Crippen molar-refractivity contribution in [3.05, 3.63) is 45.8 Å². The smallest absolute Gasteiger partial charge is 0.277 e. The summed E-state index contributed by atoms with van der Waals surface area (Å²) < 4.78 is 18.9. The summed E-state index contributed by atoms with van der Waals surface area (Å²) >= 11 is 7.00. The molecule has 102 valence electrons. The van der Waals surface area contributed by atoms with Gasteiger partial charge in [0.15, 0.2) is 11.0 Å². The maximum absolute atomic E-state index is 13.8. The molecule has 0 aliphatic rings. The highest BCUT2D eigenvalue weighted by Crippen LogP contribution is 2.23. The normalized spacial score (nSPS) is 10.9. The van der Waals surface area contributed by atoms with E-state index in [1.54, 1.807) is 17.5 Å². The van der Waals surface area contributed by atoms with E-state index in [0.717, 1.165) is 0 Å². The minimum Gasteiger partial charge on any atom is -0.375 e. The van der Waals surface area contributed by atoms with Crippen molar-refractivity contribution in [2.75, 3.05) is 5.73 Å². The number of anilines is 1. The molecule has 0 aliphatic heterocycles. The van der Waals surface area contributed by atoms with Crippen LogP contribution in [0, 0.1) is 5.82 Å². The van der Waals surface area contributed by atoms with E-state index in [1.165, 1.54) is 17.4 Å². The second-order valence-electron chi connectivity index (χ2n) is 3.98. The summed E-state index contributed by atoms with van der Waals surface area (Å²) in [7, 11) is 0. The maximum atomic E-state index is 13.8. The monoisotopic (exact) mass is 310 g/mol. The molecule has 0 atom stereocenters. The average molecular weight is 311 g/mol. The van der Waals surface area contributed by atoms with Crippen molar-refractivity contribution < 1.29 is 8.91 Å². The van der Waals surface area contributed by atoms with Gasteiger partial charge < -0.3 is 10.3 Å². The topological polar surface area (TPSA) is 77.8 Å². The van der Waals surface area contributed by atoms with E-state index in [1.807, 2.05) is 0 Å².